The topological polar surface area (TPSA) is 73.6 Å². The summed E-state index contributed by atoms with van der Waals surface area (Å²) in [6.07, 6.45) is 0. The van der Waals surface area contributed by atoms with Crippen molar-refractivity contribution in [3.8, 4) is 11.5 Å². The minimum Gasteiger partial charge on any atom is -0.493 e. The molecule has 0 aliphatic carbocycles. The molecular formula is C15H15ClN2O4. The first-order chi connectivity index (χ1) is 10.5. The van der Waals surface area contributed by atoms with Crippen LogP contribution in [0.4, 0.5) is 17.1 Å². The molecule has 6 nitrogen and oxygen atoms in total. The molecule has 2 aromatic carbocycles. The predicted molar refractivity (Wildman–Crippen MR) is 85.7 cm³/mol. The van der Waals surface area contributed by atoms with Gasteiger partial charge in [-0.05, 0) is 24.6 Å². The van der Waals surface area contributed by atoms with Gasteiger partial charge < -0.3 is 14.8 Å². The fraction of sp³-hybridized carbons (Fsp3) is 0.200. The van der Waals surface area contributed by atoms with Crippen molar-refractivity contribution in [3.05, 3.63) is 51.0 Å². The quantitative estimate of drug-likeness (QED) is 0.655. The van der Waals surface area contributed by atoms with Crippen molar-refractivity contribution in [2.75, 3.05) is 19.5 Å². The second-order valence-corrected chi connectivity index (χ2v) is 4.98. The summed E-state index contributed by atoms with van der Waals surface area (Å²) in [5.74, 6) is 1.20. The van der Waals surface area contributed by atoms with Crippen LogP contribution in [0.15, 0.2) is 30.3 Å². The molecule has 1 N–H and O–H groups in total. The van der Waals surface area contributed by atoms with E-state index >= 15 is 0 Å². The lowest BCUT2D eigenvalue weighted by molar-refractivity contribution is -0.384. The third-order valence-corrected chi connectivity index (χ3v) is 3.48. The van der Waals surface area contributed by atoms with E-state index in [-0.39, 0.29) is 10.7 Å². The number of ether oxygens (including phenoxy) is 2. The number of non-ortho nitro benzene ring substituents is 1. The molecule has 0 saturated heterocycles. The van der Waals surface area contributed by atoms with Crippen LogP contribution in [-0.2, 0) is 0 Å². The number of hydrogen-bond acceptors (Lipinski definition) is 5. The number of benzene rings is 2. The number of aryl methyl sites for hydroxylation is 1. The van der Waals surface area contributed by atoms with Crippen LogP contribution >= 0.6 is 11.6 Å². The Hall–Kier alpha value is -2.47. The normalized spacial score (nSPS) is 10.2. The van der Waals surface area contributed by atoms with Gasteiger partial charge in [0.1, 0.15) is 0 Å². The van der Waals surface area contributed by atoms with Crippen LogP contribution < -0.4 is 14.8 Å². The van der Waals surface area contributed by atoms with Crippen molar-refractivity contribution in [2.45, 2.75) is 6.92 Å². The predicted octanol–water partition coefficient (Wildman–Crippen LogP) is 4.32. The molecule has 2 rings (SSSR count). The summed E-state index contributed by atoms with van der Waals surface area (Å²) in [6.45, 7) is 1.91. The number of halogens is 1. The summed E-state index contributed by atoms with van der Waals surface area (Å²) in [6, 6.07) is 7.88. The molecule has 0 heterocycles. The van der Waals surface area contributed by atoms with Gasteiger partial charge in [0.05, 0.1) is 29.9 Å². The first kappa shape index (κ1) is 15.9. The number of methoxy groups -OCH3 is 2. The SMILES string of the molecule is COc1cc(C)c(Nc2ccc([N+](=O)[O-])cc2Cl)cc1OC. The number of rotatable bonds is 5. The lowest BCUT2D eigenvalue weighted by Gasteiger charge is -2.15. The monoisotopic (exact) mass is 322 g/mol. The Kier molecular flexibility index (Phi) is 4.72. The average molecular weight is 323 g/mol. The van der Waals surface area contributed by atoms with Gasteiger partial charge in [-0.3, -0.25) is 10.1 Å². The molecule has 7 heteroatoms. The summed E-state index contributed by atoms with van der Waals surface area (Å²) >= 11 is 6.09. The highest BCUT2D eigenvalue weighted by Crippen LogP contribution is 2.36. The van der Waals surface area contributed by atoms with Crippen molar-refractivity contribution in [3.63, 3.8) is 0 Å². The zero-order chi connectivity index (χ0) is 16.3. The number of nitrogens with one attached hydrogen (secondary N) is 1. The zero-order valence-corrected chi connectivity index (χ0v) is 13.1. The fourth-order valence-corrected chi connectivity index (χ4v) is 2.20. The van der Waals surface area contributed by atoms with Crippen molar-refractivity contribution in [1.29, 1.82) is 0 Å². The third-order valence-electron chi connectivity index (χ3n) is 3.16. The van der Waals surface area contributed by atoms with Crippen LogP contribution in [0, 0.1) is 17.0 Å². The smallest absolute Gasteiger partial charge is 0.271 e. The molecule has 0 spiro atoms. The summed E-state index contributed by atoms with van der Waals surface area (Å²) in [4.78, 5) is 10.2. The molecule has 0 fully saturated rings. The van der Waals surface area contributed by atoms with E-state index in [1.165, 1.54) is 12.1 Å². The molecule has 0 unspecified atom stereocenters. The molecule has 0 aromatic heterocycles. The second-order valence-electron chi connectivity index (χ2n) is 4.57. The number of hydrogen-bond donors (Lipinski definition) is 1. The van der Waals surface area contributed by atoms with E-state index in [0.717, 1.165) is 11.3 Å². The molecule has 0 amide bonds. The van der Waals surface area contributed by atoms with Crippen LogP contribution in [0.2, 0.25) is 5.02 Å². The summed E-state index contributed by atoms with van der Waals surface area (Å²) in [5, 5.41) is 14.1. The van der Waals surface area contributed by atoms with E-state index in [2.05, 4.69) is 5.32 Å². The minimum atomic E-state index is -0.489. The van der Waals surface area contributed by atoms with Gasteiger partial charge in [-0.1, -0.05) is 11.6 Å². The van der Waals surface area contributed by atoms with Crippen molar-refractivity contribution in [2.24, 2.45) is 0 Å². The molecule has 0 aliphatic rings. The zero-order valence-electron chi connectivity index (χ0n) is 12.3. The van der Waals surface area contributed by atoms with Crippen LogP contribution in [0.25, 0.3) is 0 Å². The van der Waals surface area contributed by atoms with Crippen LogP contribution in [0.5, 0.6) is 11.5 Å². The first-order valence-corrected chi connectivity index (χ1v) is 6.77. The van der Waals surface area contributed by atoms with Gasteiger partial charge in [0.2, 0.25) is 0 Å². The van der Waals surface area contributed by atoms with Crippen LogP contribution in [0.1, 0.15) is 5.56 Å². The largest absolute Gasteiger partial charge is 0.493 e. The van der Waals surface area contributed by atoms with Gasteiger partial charge in [0.25, 0.3) is 5.69 Å². The van der Waals surface area contributed by atoms with E-state index in [4.69, 9.17) is 21.1 Å². The molecule has 0 radical (unpaired) electrons. The molecule has 22 heavy (non-hydrogen) atoms. The lowest BCUT2D eigenvalue weighted by Crippen LogP contribution is -1.98. The maximum Gasteiger partial charge on any atom is 0.271 e. The Balaban J connectivity index is 2.36. The summed E-state index contributed by atoms with van der Waals surface area (Å²) < 4.78 is 10.5. The average Bonchev–Trinajstić information content (AvgIpc) is 2.50. The number of nitrogens with zero attached hydrogens (tertiary/aromatic N) is 1. The van der Waals surface area contributed by atoms with Crippen LogP contribution in [-0.4, -0.2) is 19.1 Å². The number of anilines is 2. The molecule has 0 saturated carbocycles. The summed E-state index contributed by atoms with van der Waals surface area (Å²) in [7, 11) is 3.12. The van der Waals surface area contributed by atoms with E-state index in [0.29, 0.717) is 17.2 Å². The Morgan fingerprint density at radius 2 is 1.73 bits per heavy atom. The van der Waals surface area contributed by atoms with E-state index in [9.17, 15) is 10.1 Å². The lowest BCUT2D eigenvalue weighted by atomic mass is 10.1. The van der Waals surface area contributed by atoms with Gasteiger partial charge in [-0.2, -0.15) is 0 Å². The van der Waals surface area contributed by atoms with Gasteiger partial charge in [-0.15, -0.1) is 0 Å². The maximum absolute atomic E-state index is 10.7. The van der Waals surface area contributed by atoms with Crippen molar-refractivity contribution < 1.29 is 14.4 Å². The highest BCUT2D eigenvalue weighted by Gasteiger charge is 2.12. The van der Waals surface area contributed by atoms with Gasteiger partial charge in [0.15, 0.2) is 11.5 Å². The highest BCUT2D eigenvalue weighted by atomic mass is 35.5. The van der Waals surface area contributed by atoms with Crippen molar-refractivity contribution in [1.82, 2.24) is 0 Å². The molecule has 0 atom stereocenters. The number of nitro benzene ring substituents is 1. The van der Waals surface area contributed by atoms with Gasteiger partial charge in [-0.25, -0.2) is 0 Å². The fourth-order valence-electron chi connectivity index (χ4n) is 1.98. The van der Waals surface area contributed by atoms with E-state index < -0.39 is 4.92 Å². The Labute approximate surface area is 132 Å². The van der Waals surface area contributed by atoms with E-state index in [1.807, 2.05) is 13.0 Å². The summed E-state index contributed by atoms with van der Waals surface area (Å²) in [5.41, 5.74) is 2.21. The standard InChI is InChI=1S/C15H15ClN2O4/c1-9-6-14(21-2)15(22-3)8-13(9)17-12-5-4-10(18(19)20)7-11(12)16/h4-8,17H,1-3H3. The molecule has 2 aromatic rings. The third kappa shape index (κ3) is 3.23. The molecule has 116 valence electrons. The molecule has 0 aliphatic heterocycles. The minimum absolute atomic E-state index is 0.0559. The highest BCUT2D eigenvalue weighted by molar-refractivity contribution is 6.33. The van der Waals surface area contributed by atoms with Crippen LogP contribution in [0.3, 0.4) is 0 Å². The Morgan fingerprint density at radius 3 is 2.27 bits per heavy atom. The Morgan fingerprint density at radius 1 is 1.09 bits per heavy atom. The number of nitro groups is 1. The maximum atomic E-state index is 10.7. The van der Waals surface area contributed by atoms with Gasteiger partial charge >= 0.3 is 0 Å². The second kappa shape index (κ2) is 6.53. The first-order valence-electron chi connectivity index (χ1n) is 6.40. The van der Waals surface area contributed by atoms with Gasteiger partial charge in [0, 0.05) is 23.9 Å². The van der Waals surface area contributed by atoms with Crippen molar-refractivity contribution >= 4 is 28.7 Å². The van der Waals surface area contributed by atoms with E-state index in [1.54, 1.807) is 26.4 Å². The Bertz CT molecular complexity index is 719. The molecule has 0 bridgehead atoms. The molecular weight excluding hydrogens is 308 g/mol.